The molecule has 1 aromatic heterocycles. The number of fused-ring (bicyclic) bond motifs is 3. The number of thioether (sulfide) groups is 1. The molecule has 0 unspecified atom stereocenters. The first-order chi connectivity index (χ1) is 9.35. The van der Waals surface area contributed by atoms with E-state index in [1.807, 2.05) is 24.3 Å². The molecule has 1 N–H and O–H groups in total. The molecule has 3 atom stereocenters. The molecule has 0 saturated heterocycles. The molecule has 0 amide bonds. The van der Waals surface area contributed by atoms with Crippen LogP contribution in [0.1, 0.15) is 19.3 Å². The Morgan fingerprint density at radius 3 is 3.05 bits per heavy atom. The Morgan fingerprint density at radius 2 is 2.21 bits per heavy atom. The lowest BCUT2D eigenvalue weighted by atomic mass is 9.98. The van der Waals surface area contributed by atoms with Gasteiger partial charge in [0.05, 0.1) is 11.0 Å². The molecule has 0 radical (unpaired) electrons. The molecule has 4 nitrogen and oxygen atoms in total. The van der Waals surface area contributed by atoms with Crippen LogP contribution in [0.15, 0.2) is 39.1 Å². The first-order valence-electron chi connectivity index (χ1n) is 6.59. The number of oxime groups is 1. The number of hydrogen-bond acceptors (Lipinski definition) is 5. The van der Waals surface area contributed by atoms with Crippen LogP contribution >= 0.6 is 11.8 Å². The van der Waals surface area contributed by atoms with Gasteiger partial charge < -0.3 is 9.62 Å². The number of aromatic nitrogens is 1. The van der Waals surface area contributed by atoms with E-state index < -0.39 is 0 Å². The third-order valence-corrected chi connectivity index (χ3v) is 5.49. The van der Waals surface area contributed by atoms with Gasteiger partial charge in [-0.3, -0.25) is 0 Å². The maximum atomic E-state index is 9.20. The van der Waals surface area contributed by atoms with Crippen LogP contribution in [0.25, 0.3) is 11.1 Å². The molecule has 5 heteroatoms. The lowest BCUT2D eigenvalue weighted by Gasteiger charge is -2.20. The fourth-order valence-electron chi connectivity index (χ4n) is 3.34. The number of nitrogens with zero attached hydrogens (tertiary/aromatic N) is 2. The van der Waals surface area contributed by atoms with Gasteiger partial charge in [-0.15, -0.1) is 0 Å². The molecule has 2 aliphatic rings. The van der Waals surface area contributed by atoms with Crippen molar-refractivity contribution >= 4 is 28.6 Å². The molecule has 19 heavy (non-hydrogen) atoms. The van der Waals surface area contributed by atoms with Crippen molar-refractivity contribution in [3.8, 4) is 0 Å². The van der Waals surface area contributed by atoms with E-state index in [0.29, 0.717) is 17.1 Å². The highest BCUT2D eigenvalue weighted by Crippen LogP contribution is 2.49. The predicted molar refractivity (Wildman–Crippen MR) is 73.7 cm³/mol. The maximum absolute atomic E-state index is 9.20. The van der Waals surface area contributed by atoms with E-state index in [-0.39, 0.29) is 5.25 Å². The van der Waals surface area contributed by atoms with Crippen molar-refractivity contribution in [1.29, 1.82) is 0 Å². The second kappa shape index (κ2) is 4.27. The van der Waals surface area contributed by atoms with Gasteiger partial charge >= 0.3 is 0 Å². The lowest BCUT2D eigenvalue weighted by Crippen LogP contribution is -2.24. The van der Waals surface area contributed by atoms with Crippen molar-refractivity contribution in [1.82, 2.24) is 4.98 Å². The minimum absolute atomic E-state index is 0.233. The van der Waals surface area contributed by atoms with Crippen LogP contribution in [0.3, 0.4) is 0 Å². The van der Waals surface area contributed by atoms with E-state index in [1.165, 1.54) is 6.42 Å². The van der Waals surface area contributed by atoms with Crippen molar-refractivity contribution in [3.63, 3.8) is 0 Å². The van der Waals surface area contributed by atoms with Gasteiger partial charge in [0.25, 0.3) is 5.22 Å². The molecule has 2 fully saturated rings. The Labute approximate surface area is 114 Å². The molecule has 2 bridgehead atoms. The maximum Gasteiger partial charge on any atom is 0.257 e. The molecule has 98 valence electrons. The Bertz CT molecular complexity index is 619. The highest BCUT2D eigenvalue weighted by atomic mass is 32.2. The summed E-state index contributed by atoms with van der Waals surface area (Å²) >= 11 is 1.60. The summed E-state index contributed by atoms with van der Waals surface area (Å²) in [4.78, 5) is 4.49. The Kier molecular flexibility index (Phi) is 2.55. The quantitative estimate of drug-likeness (QED) is 0.672. The van der Waals surface area contributed by atoms with Crippen molar-refractivity contribution in [2.75, 3.05) is 0 Å². The van der Waals surface area contributed by atoms with Gasteiger partial charge in [0.15, 0.2) is 5.58 Å². The predicted octanol–water partition coefficient (Wildman–Crippen LogP) is 3.55. The summed E-state index contributed by atoms with van der Waals surface area (Å²) in [5.74, 6) is 1.08. The number of oxazole rings is 1. The summed E-state index contributed by atoms with van der Waals surface area (Å²) in [6.45, 7) is 0. The Morgan fingerprint density at radius 1 is 1.32 bits per heavy atom. The summed E-state index contributed by atoms with van der Waals surface area (Å²) in [5, 5.41) is 13.6. The van der Waals surface area contributed by atoms with Crippen LogP contribution in [0, 0.1) is 11.8 Å². The van der Waals surface area contributed by atoms with Crippen LogP contribution < -0.4 is 0 Å². The second-order valence-corrected chi connectivity index (χ2v) is 6.37. The van der Waals surface area contributed by atoms with E-state index in [4.69, 9.17) is 4.42 Å². The van der Waals surface area contributed by atoms with Crippen molar-refractivity contribution in [2.45, 2.75) is 29.7 Å². The molecular weight excluding hydrogens is 260 g/mol. The SMILES string of the molecule is O/N=C1\[C@H]2CC[C@@H](C2)[C@H]1Sc1nc2ccccc2o1. The first-order valence-corrected chi connectivity index (χ1v) is 7.47. The minimum Gasteiger partial charge on any atom is -0.431 e. The standard InChI is InChI=1S/C14H14N2O2S/c17-16-12-8-5-6-9(7-8)13(12)19-14-15-10-3-1-2-4-11(10)18-14/h1-4,8-9,13,17H,5-7H2/b16-12+/t8-,9-,13+/m0/s1. The molecule has 2 aromatic rings. The van der Waals surface area contributed by atoms with Gasteiger partial charge in [-0.2, -0.15) is 0 Å². The van der Waals surface area contributed by atoms with Crippen LogP contribution in [0.5, 0.6) is 0 Å². The fourth-order valence-corrected chi connectivity index (χ4v) is 4.65. The lowest BCUT2D eigenvalue weighted by molar-refractivity contribution is 0.314. The van der Waals surface area contributed by atoms with Crippen LogP contribution in [0.2, 0.25) is 0 Å². The van der Waals surface area contributed by atoms with Gasteiger partial charge in [-0.1, -0.05) is 29.1 Å². The van der Waals surface area contributed by atoms with Crippen LogP contribution in [-0.2, 0) is 0 Å². The monoisotopic (exact) mass is 274 g/mol. The third-order valence-electron chi connectivity index (χ3n) is 4.23. The van der Waals surface area contributed by atoms with E-state index >= 15 is 0 Å². The second-order valence-electron chi connectivity index (χ2n) is 5.28. The van der Waals surface area contributed by atoms with E-state index in [1.54, 1.807) is 11.8 Å². The molecular formula is C14H14N2O2S. The number of para-hydroxylation sites is 2. The summed E-state index contributed by atoms with van der Waals surface area (Å²) < 4.78 is 5.75. The summed E-state index contributed by atoms with van der Waals surface area (Å²) in [5.41, 5.74) is 2.63. The molecule has 4 rings (SSSR count). The zero-order valence-electron chi connectivity index (χ0n) is 10.3. The molecule has 2 saturated carbocycles. The number of hydrogen-bond donors (Lipinski definition) is 1. The van der Waals surface area contributed by atoms with Crippen LogP contribution in [0.4, 0.5) is 0 Å². The van der Waals surface area contributed by atoms with E-state index in [0.717, 1.165) is 29.7 Å². The van der Waals surface area contributed by atoms with E-state index in [9.17, 15) is 5.21 Å². The zero-order chi connectivity index (χ0) is 12.8. The average molecular weight is 274 g/mol. The summed E-state index contributed by atoms with van der Waals surface area (Å²) in [7, 11) is 0. The summed E-state index contributed by atoms with van der Waals surface area (Å²) in [6, 6.07) is 7.77. The molecule has 1 aromatic carbocycles. The van der Waals surface area contributed by atoms with Gasteiger partial charge in [0, 0.05) is 5.92 Å². The van der Waals surface area contributed by atoms with Crippen molar-refractivity contribution in [2.24, 2.45) is 17.0 Å². The van der Waals surface area contributed by atoms with Gasteiger partial charge in [-0.05, 0) is 37.3 Å². The molecule has 2 aliphatic carbocycles. The average Bonchev–Trinajstić information content (AvgIpc) is 3.11. The molecule has 1 heterocycles. The van der Waals surface area contributed by atoms with Gasteiger partial charge in [0.2, 0.25) is 0 Å². The highest BCUT2D eigenvalue weighted by molar-refractivity contribution is 8.00. The van der Waals surface area contributed by atoms with Gasteiger partial charge in [-0.25, -0.2) is 4.98 Å². The zero-order valence-corrected chi connectivity index (χ0v) is 11.1. The van der Waals surface area contributed by atoms with Crippen molar-refractivity contribution in [3.05, 3.63) is 24.3 Å². The van der Waals surface area contributed by atoms with Crippen LogP contribution in [-0.4, -0.2) is 21.2 Å². The van der Waals surface area contributed by atoms with E-state index in [2.05, 4.69) is 10.1 Å². The number of benzene rings is 1. The highest BCUT2D eigenvalue weighted by Gasteiger charge is 2.46. The molecule has 0 spiro atoms. The summed E-state index contributed by atoms with van der Waals surface area (Å²) in [6.07, 6.45) is 3.54. The minimum atomic E-state index is 0.233. The topological polar surface area (TPSA) is 58.6 Å². The number of rotatable bonds is 2. The Hall–Kier alpha value is -1.49. The van der Waals surface area contributed by atoms with Gasteiger partial charge in [0.1, 0.15) is 5.52 Å². The molecule has 0 aliphatic heterocycles. The largest absolute Gasteiger partial charge is 0.431 e. The first kappa shape index (κ1) is 11.3. The normalized spacial score (nSPS) is 31.6. The third kappa shape index (κ3) is 1.75. The van der Waals surface area contributed by atoms with Crippen molar-refractivity contribution < 1.29 is 9.62 Å². The Balaban J connectivity index is 1.64. The fraction of sp³-hybridized carbons (Fsp3) is 0.429. The smallest absolute Gasteiger partial charge is 0.257 e.